The van der Waals surface area contributed by atoms with Crippen LogP contribution in [0, 0.1) is 5.82 Å². The maximum Gasteiger partial charge on any atom is 0.151 e. The molecule has 2 heteroatoms. The zero-order chi connectivity index (χ0) is 14.6. The minimum Gasteiger partial charge on any atom is -0.345 e. The summed E-state index contributed by atoms with van der Waals surface area (Å²) in [5.74, 6) is -0.0806. The molecule has 0 amide bonds. The van der Waals surface area contributed by atoms with E-state index in [1.54, 1.807) is 0 Å². The summed E-state index contributed by atoms with van der Waals surface area (Å²) in [5.41, 5.74) is 2.50. The lowest BCUT2D eigenvalue weighted by Crippen LogP contribution is -2.17. The Bertz CT molecular complexity index is 609. The fourth-order valence-corrected chi connectivity index (χ4v) is 2.70. The lowest BCUT2D eigenvalue weighted by atomic mass is 9.86. The predicted molar refractivity (Wildman–Crippen MR) is 80.3 cm³/mol. The van der Waals surface area contributed by atoms with Gasteiger partial charge in [-0.05, 0) is 17.0 Å². The van der Waals surface area contributed by atoms with Gasteiger partial charge in [0.1, 0.15) is 0 Å². The second-order valence-corrected chi connectivity index (χ2v) is 7.45. The molecule has 104 valence electrons. The quantitative estimate of drug-likeness (QED) is 0.635. The van der Waals surface area contributed by atoms with Crippen molar-refractivity contribution in [2.24, 2.45) is 7.05 Å². The maximum absolute atomic E-state index is 14.8. The van der Waals surface area contributed by atoms with Crippen molar-refractivity contribution in [1.29, 1.82) is 0 Å². The fraction of sp³-hybridized carbons (Fsp3) is 0.529. The number of aromatic nitrogens is 1. The molecule has 0 aliphatic rings. The van der Waals surface area contributed by atoms with Gasteiger partial charge in [-0.15, -0.1) is 0 Å². The molecule has 1 aromatic carbocycles. The largest absolute Gasteiger partial charge is 0.345 e. The molecule has 0 unspecified atom stereocenters. The number of benzene rings is 1. The van der Waals surface area contributed by atoms with Crippen LogP contribution in [0.5, 0.6) is 0 Å². The normalized spacial score (nSPS) is 13.3. The van der Waals surface area contributed by atoms with Crippen LogP contribution in [0.4, 0.5) is 4.39 Å². The van der Waals surface area contributed by atoms with Crippen molar-refractivity contribution in [1.82, 2.24) is 4.57 Å². The first kappa shape index (κ1) is 14.1. The number of halogens is 1. The molecule has 2 rings (SSSR count). The number of fused-ring (bicyclic) bond motifs is 1. The number of rotatable bonds is 0. The number of nitrogens with zero attached hydrogens (tertiary/aromatic N) is 1. The van der Waals surface area contributed by atoms with Crippen molar-refractivity contribution in [2.75, 3.05) is 0 Å². The molecular weight excluding hydrogens is 237 g/mol. The van der Waals surface area contributed by atoms with Gasteiger partial charge < -0.3 is 4.57 Å². The Kier molecular flexibility index (Phi) is 3.04. The van der Waals surface area contributed by atoms with Crippen LogP contribution in [0.25, 0.3) is 10.9 Å². The van der Waals surface area contributed by atoms with Crippen molar-refractivity contribution in [3.8, 4) is 0 Å². The molecule has 0 fully saturated rings. The molecule has 0 spiro atoms. The number of hydrogen-bond donors (Lipinski definition) is 0. The molecule has 0 aliphatic heterocycles. The van der Waals surface area contributed by atoms with Gasteiger partial charge in [0, 0.05) is 23.5 Å². The van der Waals surface area contributed by atoms with Gasteiger partial charge in [0.15, 0.2) is 5.82 Å². The third-order valence-corrected chi connectivity index (χ3v) is 3.71. The summed E-state index contributed by atoms with van der Waals surface area (Å²) in [6.45, 7) is 12.6. The zero-order valence-corrected chi connectivity index (χ0v) is 13.1. The Balaban J connectivity index is 2.81. The lowest BCUT2D eigenvalue weighted by molar-refractivity contribution is 0.520. The van der Waals surface area contributed by atoms with E-state index in [0.717, 1.165) is 22.2 Å². The predicted octanol–water partition coefficient (Wildman–Crippen LogP) is 4.91. The minimum absolute atomic E-state index is 0.0160. The van der Waals surface area contributed by atoms with E-state index >= 15 is 0 Å². The molecule has 0 radical (unpaired) electrons. The molecule has 1 aromatic heterocycles. The van der Waals surface area contributed by atoms with E-state index in [9.17, 15) is 4.39 Å². The highest BCUT2D eigenvalue weighted by Gasteiger charge is 2.25. The van der Waals surface area contributed by atoms with Gasteiger partial charge in [-0.1, -0.05) is 53.7 Å². The van der Waals surface area contributed by atoms with Crippen molar-refractivity contribution in [2.45, 2.75) is 52.4 Å². The molecule has 0 aliphatic carbocycles. The summed E-state index contributed by atoms with van der Waals surface area (Å²) in [7, 11) is 1.96. The van der Waals surface area contributed by atoms with Crippen LogP contribution in [-0.2, 0) is 17.9 Å². The van der Waals surface area contributed by atoms with E-state index in [1.165, 1.54) is 0 Å². The second kappa shape index (κ2) is 4.09. The molecule has 0 saturated carbocycles. The summed E-state index contributed by atoms with van der Waals surface area (Å²) in [6, 6.07) is 6.06. The highest BCUT2D eigenvalue weighted by Crippen LogP contribution is 2.34. The van der Waals surface area contributed by atoms with Crippen molar-refractivity contribution < 1.29 is 4.39 Å². The van der Waals surface area contributed by atoms with Gasteiger partial charge in [0.2, 0.25) is 0 Å². The summed E-state index contributed by atoms with van der Waals surface area (Å²) in [6.07, 6.45) is 0. The Morgan fingerprint density at radius 1 is 0.947 bits per heavy atom. The van der Waals surface area contributed by atoms with Gasteiger partial charge >= 0.3 is 0 Å². The third-order valence-electron chi connectivity index (χ3n) is 3.71. The molecular formula is C17H24FN. The highest BCUT2D eigenvalue weighted by atomic mass is 19.1. The Labute approximate surface area is 115 Å². The average molecular weight is 261 g/mol. The summed E-state index contributed by atoms with van der Waals surface area (Å²) in [4.78, 5) is 0. The van der Waals surface area contributed by atoms with Gasteiger partial charge in [0.05, 0.1) is 5.52 Å². The van der Waals surface area contributed by atoms with Crippen LogP contribution in [0.1, 0.15) is 52.8 Å². The maximum atomic E-state index is 14.8. The molecule has 0 atom stereocenters. The van der Waals surface area contributed by atoms with E-state index in [4.69, 9.17) is 0 Å². The van der Waals surface area contributed by atoms with Crippen molar-refractivity contribution in [3.05, 3.63) is 35.3 Å². The molecule has 1 heterocycles. The average Bonchev–Trinajstić information content (AvgIpc) is 2.54. The van der Waals surface area contributed by atoms with E-state index in [0.29, 0.717) is 0 Å². The van der Waals surface area contributed by atoms with Crippen LogP contribution in [0.3, 0.4) is 0 Å². The van der Waals surface area contributed by atoms with Crippen molar-refractivity contribution >= 4 is 10.9 Å². The van der Waals surface area contributed by atoms with Gasteiger partial charge in [-0.2, -0.15) is 0 Å². The van der Waals surface area contributed by atoms with Gasteiger partial charge in [-0.3, -0.25) is 0 Å². The number of aryl methyl sites for hydroxylation is 1. The summed E-state index contributed by atoms with van der Waals surface area (Å²) < 4.78 is 16.8. The van der Waals surface area contributed by atoms with Crippen LogP contribution in [0.15, 0.2) is 18.2 Å². The van der Waals surface area contributed by atoms with Gasteiger partial charge in [-0.25, -0.2) is 4.39 Å². The van der Waals surface area contributed by atoms with E-state index in [1.807, 2.05) is 44.5 Å². The Morgan fingerprint density at radius 3 is 2.00 bits per heavy atom. The zero-order valence-electron chi connectivity index (χ0n) is 13.1. The second-order valence-electron chi connectivity index (χ2n) is 7.45. The standard InChI is InChI=1S/C17H24FN/c1-16(2,3)12-9-8-11-10-13(17(4,5)6)19(7)15(11)14(12)18/h8-10H,1-7H3. The SMILES string of the molecule is Cn1c(C(C)(C)C)cc2ccc(C(C)(C)C)c(F)c21. The first-order valence-corrected chi connectivity index (χ1v) is 6.82. The van der Waals surface area contributed by atoms with Crippen LogP contribution < -0.4 is 0 Å². The fourth-order valence-electron chi connectivity index (χ4n) is 2.70. The smallest absolute Gasteiger partial charge is 0.151 e. The third kappa shape index (κ3) is 2.29. The highest BCUT2D eigenvalue weighted by molar-refractivity contribution is 5.83. The van der Waals surface area contributed by atoms with Crippen LogP contribution in [-0.4, -0.2) is 4.57 Å². The first-order chi connectivity index (χ1) is 8.53. The van der Waals surface area contributed by atoms with Crippen molar-refractivity contribution in [3.63, 3.8) is 0 Å². The van der Waals surface area contributed by atoms with E-state index in [2.05, 4.69) is 26.8 Å². The Hall–Kier alpha value is -1.31. The first-order valence-electron chi connectivity index (χ1n) is 6.82. The van der Waals surface area contributed by atoms with Gasteiger partial charge in [0.25, 0.3) is 0 Å². The minimum atomic E-state index is -0.176. The number of hydrogen-bond acceptors (Lipinski definition) is 0. The lowest BCUT2D eigenvalue weighted by Gasteiger charge is -2.21. The molecule has 19 heavy (non-hydrogen) atoms. The summed E-state index contributed by atoms with van der Waals surface area (Å²) in [5, 5.41) is 0.984. The molecule has 0 saturated heterocycles. The molecule has 1 nitrogen and oxygen atoms in total. The molecule has 0 bridgehead atoms. The van der Waals surface area contributed by atoms with E-state index in [-0.39, 0.29) is 16.6 Å². The topological polar surface area (TPSA) is 4.93 Å². The molecule has 2 aromatic rings. The van der Waals surface area contributed by atoms with E-state index < -0.39 is 0 Å². The summed E-state index contributed by atoms with van der Waals surface area (Å²) >= 11 is 0. The molecule has 0 N–H and O–H groups in total. The monoisotopic (exact) mass is 261 g/mol. The van der Waals surface area contributed by atoms with Crippen LogP contribution >= 0.6 is 0 Å². The Morgan fingerprint density at radius 2 is 1.53 bits per heavy atom. The van der Waals surface area contributed by atoms with Crippen LogP contribution in [0.2, 0.25) is 0 Å².